The maximum atomic E-state index is 13.1. The third kappa shape index (κ3) is 3.34. The third-order valence-electron chi connectivity index (χ3n) is 6.73. The highest BCUT2D eigenvalue weighted by atomic mass is 127. The number of hydrogen-bond acceptors (Lipinski definition) is 4. The number of nitrogens with one attached hydrogen (secondary N) is 2. The second kappa shape index (κ2) is 7.79. The molecule has 4 heterocycles. The molecule has 2 atom stereocenters. The Morgan fingerprint density at radius 2 is 1.84 bits per heavy atom. The van der Waals surface area contributed by atoms with E-state index in [-0.39, 0.29) is 11.9 Å². The molecule has 0 saturated carbocycles. The van der Waals surface area contributed by atoms with Gasteiger partial charge in [-0.25, -0.2) is 10.0 Å². The lowest BCUT2D eigenvalue weighted by Gasteiger charge is -2.49. The van der Waals surface area contributed by atoms with Crippen LogP contribution in [0.5, 0.6) is 0 Å². The van der Waals surface area contributed by atoms with Gasteiger partial charge in [-0.15, -0.1) is 0 Å². The van der Waals surface area contributed by atoms with Crippen LogP contribution in [0.15, 0.2) is 75.8 Å². The smallest absolute Gasteiger partial charge is 0.312 e. The molecule has 1 fully saturated rings. The fraction of sp³-hybridized carbons (Fsp3) is 0.375. The molecular formula is C24H29IN5O+. The number of piperidine rings is 1. The van der Waals surface area contributed by atoms with E-state index >= 15 is 0 Å². The summed E-state index contributed by atoms with van der Waals surface area (Å²) >= 11 is 2.50. The Hall–Kier alpha value is -2.10. The summed E-state index contributed by atoms with van der Waals surface area (Å²) in [4.78, 5) is 15.4. The summed E-state index contributed by atoms with van der Waals surface area (Å²) in [6.45, 7) is 1.89. The van der Waals surface area contributed by atoms with Gasteiger partial charge in [0.05, 0.1) is 19.8 Å². The standard InChI is InChI=1S/C24H28IN5O/c1-30(2)21(17-20(23(31)26-30)28-14-8-4-9-15-28)24(18-11-5-3-6-12-18)22(25)19-13-7-10-16-29(19)27-24/h3,5-7,10-13,16-17,21,27H,4,8-9,14-15H2,1-2H3/p+1. The number of hydrogen-bond donors (Lipinski definition) is 2. The van der Waals surface area contributed by atoms with Crippen LogP contribution in [-0.4, -0.2) is 53.6 Å². The normalized spacial score (nSPS) is 29.7. The van der Waals surface area contributed by atoms with Crippen LogP contribution in [0.4, 0.5) is 0 Å². The Morgan fingerprint density at radius 3 is 2.55 bits per heavy atom. The van der Waals surface area contributed by atoms with E-state index in [1.54, 1.807) is 0 Å². The molecular weight excluding hydrogens is 501 g/mol. The van der Waals surface area contributed by atoms with Crippen LogP contribution in [-0.2, 0) is 10.3 Å². The number of likely N-dealkylation sites (tertiary alicyclic amines) is 1. The summed E-state index contributed by atoms with van der Waals surface area (Å²) in [5, 5.41) is 2.11. The van der Waals surface area contributed by atoms with Gasteiger partial charge in [0, 0.05) is 28.9 Å². The fourth-order valence-electron chi connectivity index (χ4n) is 5.21. The predicted molar refractivity (Wildman–Crippen MR) is 130 cm³/mol. The molecule has 5 rings (SSSR count). The lowest BCUT2D eigenvalue weighted by atomic mass is 9.80. The van der Waals surface area contributed by atoms with Crippen LogP contribution in [0, 0.1) is 0 Å². The predicted octanol–water partition coefficient (Wildman–Crippen LogP) is 3.29. The lowest BCUT2D eigenvalue weighted by molar-refractivity contribution is -0.947. The summed E-state index contributed by atoms with van der Waals surface area (Å²) in [6.07, 6.45) is 14.1. The van der Waals surface area contributed by atoms with Gasteiger partial charge >= 0.3 is 5.91 Å². The summed E-state index contributed by atoms with van der Waals surface area (Å²) in [5.74, 6) is 0.0181. The number of carbonyl (C=O) groups is 1. The van der Waals surface area contributed by atoms with Crippen molar-refractivity contribution in [3.63, 3.8) is 0 Å². The highest BCUT2D eigenvalue weighted by Crippen LogP contribution is 2.48. The lowest BCUT2D eigenvalue weighted by Crippen LogP contribution is -2.72. The van der Waals surface area contributed by atoms with Crippen molar-refractivity contribution in [1.29, 1.82) is 0 Å². The molecule has 4 aliphatic heterocycles. The van der Waals surface area contributed by atoms with E-state index in [0.717, 1.165) is 37.3 Å². The Balaban J connectivity index is 1.69. The number of fused-ring (bicyclic) bond motifs is 1. The van der Waals surface area contributed by atoms with Crippen LogP contribution in [0.2, 0.25) is 0 Å². The molecule has 1 saturated heterocycles. The largest absolute Gasteiger partial charge is 0.367 e. The van der Waals surface area contributed by atoms with Crippen molar-refractivity contribution in [3.05, 3.63) is 81.4 Å². The molecule has 0 aliphatic carbocycles. The Morgan fingerprint density at radius 1 is 1.10 bits per heavy atom. The Labute approximate surface area is 197 Å². The van der Waals surface area contributed by atoms with Gasteiger partial charge in [0.2, 0.25) is 0 Å². The maximum Gasteiger partial charge on any atom is 0.312 e. The van der Waals surface area contributed by atoms with Gasteiger partial charge in [0.25, 0.3) is 0 Å². The van der Waals surface area contributed by atoms with E-state index in [4.69, 9.17) is 0 Å². The maximum absolute atomic E-state index is 13.1. The van der Waals surface area contributed by atoms with Gasteiger partial charge in [-0.2, -0.15) is 5.43 Å². The Kier molecular flexibility index (Phi) is 5.22. The van der Waals surface area contributed by atoms with Crippen molar-refractivity contribution >= 4 is 28.5 Å². The minimum atomic E-state index is -0.506. The number of halogens is 1. The van der Waals surface area contributed by atoms with Gasteiger partial charge in [0.1, 0.15) is 5.70 Å². The molecule has 7 heteroatoms. The number of allylic oxidation sites excluding steroid dienone is 3. The molecule has 0 spiro atoms. The molecule has 6 nitrogen and oxygen atoms in total. The number of rotatable bonds is 3. The van der Waals surface area contributed by atoms with E-state index in [2.05, 4.69) is 112 Å². The topological polar surface area (TPSA) is 47.6 Å². The van der Waals surface area contributed by atoms with E-state index < -0.39 is 5.54 Å². The average Bonchev–Trinajstić information content (AvgIpc) is 3.08. The zero-order valence-electron chi connectivity index (χ0n) is 18.0. The van der Waals surface area contributed by atoms with Crippen LogP contribution >= 0.6 is 22.6 Å². The van der Waals surface area contributed by atoms with Crippen LogP contribution in [0.25, 0.3) is 0 Å². The van der Waals surface area contributed by atoms with Crippen molar-refractivity contribution in [3.8, 4) is 0 Å². The highest BCUT2D eigenvalue weighted by Gasteiger charge is 2.58. The van der Waals surface area contributed by atoms with Crippen molar-refractivity contribution in [2.24, 2.45) is 0 Å². The second-order valence-electron chi connectivity index (χ2n) is 9.08. The molecule has 1 aromatic carbocycles. The average molecular weight is 530 g/mol. The summed E-state index contributed by atoms with van der Waals surface area (Å²) in [7, 11) is 4.16. The van der Waals surface area contributed by atoms with Crippen molar-refractivity contribution in [1.82, 2.24) is 20.8 Å². The second-order valence-corrected chi connectivity index (χ2v) is 10.2. The molecule has 162 valence electrons. The zero-order chi connectivity index (χ0) is 21.6. The summed E-state index contributed by atoms with van der Waals surface area (Å²) < 4.78 is 1.58. The number of likely N-dealkylation sites (N-methyl/N-ethyl adjacent to an activating group) is 1. The number of hydrazine groups is 1. The van der Waals surface area contributed by atoms with Crippen LogP contribution in [0.3, 0.4) is 0 Å². The van der Waals surface area contributed by atoms with Crippen molar-refractivity contribution in [2.75, 3.05) is 27.2 Å². The molecule has 4 aliphatic rings. The van der Waals surface area contributed by atoms with E-state index in [0.29, 0.717) is 4.59 Å². The van der Waals surface area contributed by atoms with Gasteiger partial charge in [-0.1, -0.05) is 36.4 Å². The van der Waals surface area contributed by atoms with E-state index in [1.807, 2.05) is 6.08 Å². The third-order valence-corrected chi connectivity index (χ3v) is 8.13. The van der Waals surface area contributed by atoms with Crippen molar-refractivity contribution < 1.29 is 9.39 Å². The van der Waals surface area contributed by atoms with Crippen LogP contribution in [0.1, 0.15) is 24.8 Å². The number of quaternary nitrogens is 1. The van der Waals surface area contributed by atoms with Gasteiger partial charge in [-0.05, 0) is 59.6 Å². The highest BCUT2D eigenvalue weighted by molar-refractivity contribution is 14.1. The molecule has 2 unspecified atom stereocenters. The number of carbonyl (C=O) groups excluding carboxylic acids is 1. The first-order valence-electron chi connectivity index (χ1n) is 10.9. The van der Waals surface area contributed by atoms with E-state index in [9.17, 15) is 4.79 Å². The van der Waals surface area contributed by atoms with Crippen molar-refractivity contribution in [2.45, 2.75) is 30.8 Å². The van der Waals surface area contributed by atoms with E-state index in [1.165, 1.54) is 15.6 Å². The molecule has 0 radical (unpaired) electrons. The summed E-state index contributed by atoms with van der Waals surface area (Å²) in [5.41, 5.74) is 9.75. The minimum absolute atomic E-state index is 0.0181. The van der Waals surface area contributed by atoms with Gasteiger partial charge in [-0.3, -0.25) is 9.80 Å². The fourth-order valence-corrected chi connectivity index (χ4v) is 6.40. The first-order valence-corrected chi connectivity index (χ1v) is 12.0. The minimum Gasteiger partial charge on any atom is -0.367 e. The quantitative estimate of drug-likeness (QED) is 0.466. The SMILES string of the molecule is C[N+]1(C)NC(=O)C(N2CCCCC2)=CC1C1(c2ccccc2)NN2C=CC=CC2=C1I. The molecule has 31 heavy (non-hydrogen) atoms. The van der Waals surface area contributed by atoms with Crippen LogP contribution < -0.4 is 10.9 Å². The molecule has 0 aromatic heterocycles. The van der Waals surface area contributed by atoms with Gasteiger partial charge in [0.15, 0.2) is 11.6 Å². The molecule has 1 amide bonds. The Bertz CT molecular complexity index is 1010. The zero-order valence-corrected chi connectivity index (χ0v) is 20.2. The molecule has 0 bridgehead atoms. The number of amides is 1. The molecule has 1 aromatic rings. The summed E-state index contributed by atoms with van der Waals surface area (Å²) in [6, 6.07) is 10.6. The molecule has 2 N–H and O–H groups in total. The monoisotopic (exact) mass is 530 g/mol. The number of benzene rings is 1. The van der Waals surface area contributed by atoms with Gasteiger partial charge < -0.3 is 4.90 Å². The first kappa shape index (κ1) is 20.8. The number of nitrogens with zero attached hydrogens (tertiary/aromatic N) is 3. The first-order chi connectivity index (χ1) is 14.9.